The highest BCUT2D eigenvalue weighted by atomic mass is 16.2. The molecule has 0 N–H and O–H groups in total. The maximum Gasteiger partial charge on any atom is 0.251 e. The number of hydrogen-bond acceptors (Lipinski definition) is 2. The number of rotatable bonds is 2. The van der Waals surface area contributed by atoms with Gasteiger partial charge in [-0.2, -0.15) is 5.10 Å². The average molecular weight is 246 g/mol. The predicted octanol–water partition coefficient (Wildman–Crippen LogP) is 3.38. The van der Waals surface area contributed by atoms with E-state index in [9.17, 15) is 4.79 Å². The van der Waals surface area contributed by atoms with Gasteiger partial charge in [-0.1, -0.05) is 25.5 Å². The van der Waals surface area contributed by atoms with E-state index in [1.165, 1.54) is 5.57 Å². The van der Waals surface area contributed by atoms with E-state index in [1.54, 1.807) is 4.68 Å². The van der Waals surface area contributed by atoms with Gasteiger partial charge in [-0.3, -0.25) is 4.79 Å². The van der Waals surface area contributed by atoms with E-state index in [4.69, 9.17) is 0 Å². The van der Waals surface area contributed by atoms with Crippen molar-refractivity contribution in [1.29, 1.82) is 0 Å². The van der Waals surface area contributed by atoms with Gasteiger partial charge in [0.25, 0.3) is 5.91 Å². The second kappa shape index (κ2) is 4.08. The van der Waals surface area contributed by atoms with E-state index in [0.717, 1.165) is 11.4 Å². The Labute approximate surface area is 109 Å². The maximum absolute atomic E-state index is 12.5. The predicted molar refractivity (Wildman–Crippen MR) is 72.5 cm³/mol. The summed E-state index contributed by atoms with van der Waals surface area (Å²) in [6, 6.07) is 1.95. The first-order valence-electron chi connectivity index (χ1n) is 6.47. The van der Waals surface area contributed by atoms with Crippen LogP contribution < -0.4 is 0 Å². The molecule has 0 radical (unpaired) electrons. The Kier molecular flexibility index (Phi) is 2.96. The van der Waals surface area contributed by atoms with Gasteiger partial charge in [0.15, 0.2) is 0 Å². The Hall–Kier alpha value is -1.38. The summed E-state index contributed by atoms with van der Waals surface area (Å²) in [4.78, 5) is 12.5. The van der Waals surface area contributed by atoms with Crippen molar-refractivity contribution in [2.75, 3.05) is 0 Å². The molecule has 3 nitrogen and oxygen atoms in total. The van der Waals surface area contributed by atoms with Crippen LogP contribution in [0, 0.1) is 31.1 Å². The van der Waals surface area contributed by atoms with Crippen molar-refractivity contribution in [1.82, 2.24) is 9.78 Å². The molecule has 1 aromatic heterocycles. The number of aryl methyl sites for hydroxylation is 2. The molecule has 0 unspecified atom stereocenters. The first-order valence-corrected chi connectivity index (χ1v) is 6.47. The number of aromatic nitrogens is 2. The summed E-state index contributed by atoms with van der Waals surface area (Å²) in [5.74, 6) is 0.539. The molecule has 18 heavy (non-hydrogen) atoms. The molecule has 0 bridgehead atoms. The van der Waals surface area contributed by atoms with Crippen LogP contribution in [0.5, 0.6) is 0 Å². The topological polar surface area (TPSA) is 34.9 Å². The highest BCUT2D eigenvalue weighted by molar-refractivity contribution is 5.85. The summed E-state index contributed by atoms with van der Waals surface area (Å²) in [7, 11) is 0. The summed E-state index contributed by atoms with van der Waals surface area (Å²) >= 11 is 0. The molecule has 2 atom stereocenters. The van der Waals surface area contributed by atoms with Crippen molar-refractivity contribution in [2.45, 2.75) is 41.5 Å². The third-order valence-electron chi connectivity index (χ3n) is 3.91. The molecule has 3 heteroatoms. The molecule has 0 spiro atoms. The SMILES string of the molecule is CC(C)=C[C@@H]1[C@H](C(=O)n2nc(C)cc2C)C1(C)C. The van der Waals surface area contributed by atoms with Gasteiger partial charge in [0.2, 0.25) is 0 Å². The number of nitrogens with zero attached hydrogens (tertiary/aromatic N) is 2. The van der Waals surface area contributed by atoms with Crippen molar-refractivity contribution in [2.24, 2.45) is 17.3 Å². The summed E-state index contributed by atoms with van der Waals surface area (Å²) < 4.78 is 1.57. The molecule has 98 valence electrons. The van der Waals surface area contributed by atoms with Crippen molar-refractivity contribution in [3.05, 3.63) is 29.1 Å². The van der Waals surface area contributed by atoms with E-state index < -0.39 is 0 Å². The molecule has 0 amide bonds. The summed E-state index contributed by atoms with van der Waals surface area (Å²) in [6.07, 6.45) is 2.22. The van der Waals surface area contributed by atoms with Crippen LogP contribution in [0.3, 0.4) is 0 Å². The highest BCUT2D eigenvalue weighted by Crippen LogP contribution is 2.59. The maximum atomic E-state index is 12.5. The standard InChI is InChI=1S/C15H22N2O/c1-9(2)7-12-13(15(12,5)6)14(18)17-11(4)8-10(3)16-17/h7-8,12-13H,1-6H3/t12-,13-/m1/s1. The molecule has 1 saturated carbocycles. The number of hydrogen-bond donors (Lipinski definition) is 0. The second-order valence-electron chi connectivity index (χ2n) is 6.25. The Morgan fingerprint density at radius 2 is 2.00 bits per heavy atom. The molecule has 2 rings (SSSR count). The molecule has 1 aromatic rings. The fraction of sp³-hybridized carbons (Fsp3) is 0.600. The summed E-state index contributed by atoms with van der Waals surface area (Å²) in [5, 5.41) is 4.30. The molecule has 1 aliphatic rings. The number of allylic oxidation sites excluding steroid dienone is 2. The zero-order chi connectivity index (χ0) is 13.7. The minimum atomic E-state index is 0.0562. The average Bonchev–Trinajstić information content (AvgIpc) is 2.58. The zero-order valence-electron chi connectivity index (χ0n) is 12.1. The largest absolute Gasteiger partial charge is 0.272 e. The van der Waals surface area contributed by atoms with Crippen LogP contribution in [-0.4, -0.2) is 15.7 Å². The van der Waals surface area contributed by atoms with Gasteiger partial charge in [0.1, 0.15) is 0 Å². The third kappa shape index (κ3) is 2.02. The second-order valence-corrected chi connectivity index (χ2v) is 6.25. The third-order valence-corrected chi connectivity index (χ3v) is 3.91. The van der Waals surface area contributed by atoms with Crippen LogP contribution in [0.2, 0.25) is 0 Å². The minimum Gasteiger partial charge on any atom is -0.272 e. The van der Waals surface area contributed by atoms with E-state index in [1.807, 2.05) is 19.9 Å². The molecule has 1 aliphatic carbocycles. The molecule has 0 saturated heterocycles. The van der Waals surface area contributed by atoms with Gasteiger partial charge in [-0.05, 0) is 45.1 Å². The van der Waals surface area contributed by atoms with Gasteiger partial charge < -0.3 is 0 Å². The van der Waals surface area contributed by atoms with E-state index in [2.05, 4.69) is 38.9 Å². The minimum absolute atomic E-state index is 0.0562. The van der Waals surface area contributed by atoms with Gasteiger partial charge in [0, 0.05) is 5.69 Å². The lowest BCUT2D eigenvalue weighted by Gasteiger charge is -2.03. The van der Waals surface area contributed by atoms with Gasteiger partial charge in [-0.25, -0.2) is 4.68 Å². The van der Waals surface area contributed by atoms with Crippen molar-refractivity contribution in [3.8, 4) is 0 Å². The molecule has 1 fully saturated rings. The first kappa shape index (κ1) is 13.1. The Morgan fingerprint density at radius 3 is 2.44 bits per heavy atom. The smallest absolute Gasteiger partial charge is 0.251 e. The first-order chi connectivity index (χ1) is 8.25. The van der Waals surface area contributed by atoms with E-state index >= 15 is 0 Å². The van der Waals surface area contributed by atoms with Crippen molar-refractivity contribution >= 4 is 5.91 Å². The van der Waals surface area contributed by atoms with Gasteiger partial charge in [-0.15, -0.1) is 0 Å². The van der Waals surface area contributed by atoms with Crippen LogP contribution in [-0.2, 0) is 0 Å². The van der Waals surface area contributed by atoms with Crippen LogP contribution >= 0.6 is 0 Å². The molecule has 0 aliphatic heterocycles. The summed E-state index contributed by atoms with van der Waals surface area (Å²) in [5.41, 5.74) is 3.16. The fourth-order valence-electron chi connectivity index (χ4n) is 2.80. The Bertz CT molecular complexity index is 519. The summed E-state index contributed by atoms with van der Waals surface area (Å²) in [6.45, 7) is 12.3. The monoisotopic (exact) mass is 246 g/mol. The lowest BCUT2D eigenvalue weighted by atomic mass is 10.1. The quantitative estimate of drug-likeness (QED) is 0.750. The van der Waals surface area contributed by atoms with Crippen LogP contribution in [0.4, 0.5) is 0 Å². The van der Waals surface area contributed by atoms with Crippen LogP contribution in [0.1, 0.15) is 43.9 Å². The Morgan fingerprint density at radius 1 is 1.39 bits per heavy atom. The number of carbonyl (C=O) groups is 1. The normalized spacial score (nSPS) is 24.8. The zero-order valence-corrected chi connectivity index (χ0v) is 12.1. The Balaban J connectivity index is 2.27. The van der Waals surface area contributed by atoms with E-state index in [-0.39, 0.29) is 17.2 Å². The molecular weight excluding hydrogens is 224 g/mol. The highest BCUT2D eigenvalue weighted by Gasteiger charge is 2.61. The lowest BCUT2D eigenvalue weighted by molar-refractivity contribution is 0.0849. The van der Waals surface area contributed by atoms with Crippen LogP contribution in [0.25, 0.3) is 0 Å². The fourth-order valence-corrected chi connectivity index (χ4v) is 2.80. The molecule has 0 aromatic carbocycles. The van der Waals surface area contributed by atoms with Crippen molar-refractivity contribution in [3.63, 3.8) is 0 Å². The van der Waals surface area contributed by atoms with E-state index in [0.29, 0.717) is 5.92 Å². The lowest BCUT2D eigenvalue weighted by Crippen LogP contribution is -2.18. The van der Waals surface area contributed by atoms with Gasteiger partial charge in [0.05, 0.1) is 11.6 Å². The number of carbonyl (C=O) groups excluding carboxylic acids is 1. The van der Waals surface area contributed by atoms with Gasteiger partial charge >= 0.3 is 0 Å². The van der Waals surface area contributed by atoms with Crippen molar-refractivity contribution < 1.29 is 4.79 Å². The molecular formula is C15H22N2O. The molecule has 1 heterocycles. The van der Waals surface area contributed by atoms with Crippen LogP contribution in [0.15, 0.2) is 17.7 Å².